The van der Waals surface area contributed by atoms with E-state index < -0.39 is 23.6 Å². The lowest BCUT2D eigenvalue weighted by atomic mass is 9.86. The Bertz CT molecular complexity index is 751. The van der Waals surface area contributed by atoms with Gasteiger partial charge in [0.15, 0.2) is 0 Å². The van der Waals surface area contributed by atoms with Gasteiger partial charge in [0.25, 0.3) is 0 Å². The Morgan fingerprint density at radius 2 is 1.77 bits per heavy atom. The third-order valence-corrected chi connectivity index (χ3v) is 6.12. The predicted molar refractivity (Wildman–Crippen MR) is 111 cm³/mol. The monoisotopic (exact) mass is 443 g/mol. The van der Waals surface area contributed by atoms with Gasteiger partial charge in [-0.15, -0.1) is 0 Å². The summed E-state index contributed by atoms with van der Waals surface area (Å²) in [6.07, 6.45) is 2.61. The lowest BCUT2D eigenvalue weighted by molar-refractivity contribution is -0.145. The molecule has 2 fully saturated rings. The number of aromatic nitrogens is 2. The summed E-state index contributed by atoms with van der Waals surface area (Å²) in [6.45, 7) is 7.10. The smallest absolute Gasteiger partial charge is 0.451 e. The topological polar surface area (TPSA) is 81.6 Å². The molecule has 31 heavy (non-hydrogen) atoms. The second kappa shape index (κ2) is 9.18. The zero-order chi connectivity index (χ0) is 22.8. The van der Waals surface area contributed by atoms with E-state index in [1.54, 1.807) is 4.90 Å². The van der Waals surface area contributed by atoms with Gasteiger partial charge in [-0.3, -0.25) is 4.90 Å². The van der Waals surface area contributed by atoms with Gasteiger partial charge >= 0.3 is 12.3 Å². The highest BCUT2D eigenvalue weighted by atomic mass is 19.4. The maximum absolute atomic E-state index is 12.7. The molecule has 3 rings (SSSR count). The van der Waals surface area contributed by atoms with Crippen molar-refractivity contribution in [2.45, 2.75) is 89.1 Å². The number of hydrogen-bond donors (Lipinski definition) is 2. The Morgan fingerprint density at radius 3 is 2.35 bits per heavy atom. The molecule has 174 valence electrons. The van der Waals surface area contributed by atoms with Crippen LogP contribution in [0.2, 0.25) is 0 Å². The van der Waals surface area contributed by atoms with E-state index in [-0.39, 0.29) is 18.1 Å². The van der Waals surface area contributed by atoms with Gasteiger partial charge in [-0.2, -0.15) is 13.2 Å². The average molecular weight is 444 g/mol. The molecular formula is C21H32F3N5O2. The molecule has 2 heterocycles. The van der Waals surface area contributed by atoms with E-state index in [0.29, 0.717) is 12.2 Å². The molecule has 1 unspecified atom stereocenters. The Kier molecular flexibility index (Phi) is 6.98. The minimum atomic E-state index is -4.55. The van der Waals surface area contributed by atoms with E-state index in [0.717, 1.165) is 45.1 Å². The fourth-order valence-electron chi connectivity index (χ4n) is 4.82. The fraction of sp³-hybridized carbons (Fsp3) is 0.762. The zero-order valence-electron chi connectivity index (χ0n) is 18.3. The van der Waals surface area contributed by atoms with Crippen LogP contribution in [0.4, 0.5) is 23.7 Å². The molecule has 2 N–H and O–H groups in total. The van der Waals surface area contributed by atoms with Crippen LogP contribution >= 0.6 is 0 Å². The van der Waals surface area contributed by atoms with Crippen LogP contribution in [0.15, 0.2) is 12.4 Å². The van der Waals surface area contributed by atoms with Crippen LogP contribution in [0.25, 0.3) is 0 Å². The number of nitrogens with one attached hydrogen (secondary N) is 1. The Morgan fingerprint density at radius 1 is 1.13 bits per heavy atom. The van der Waals surface area contributed by atoms with E-state index >= 15 is 0 Å². The van der Waals surface area contributed by atoms with Crippen molar-refractivity contribution in [1.29, 1.82) is 0 Å². The molecule has 1 aromatic heterocycles. The SMILES string of the molecule is CC(C)(C)N(C(=O)O)[C@@H]1CCCC[C@H]1NC1CCCN(c2cnc(C(F)(F)F)nc2)C1. The maximum Gasteiger partial charge on any atom is 0.451 e. The van der Waals surface area contributed by atoms with Gasteiger partial charge in [0.05, 0.1) is 24.1 Å². The van der Waals surface area contributed by atoms with Gasteiger partial charge in [0, 0.05) is 30.7 Å². The second-order valence-electron chi connectivity index (χ2n) is 9.50. The van der Waals surface area contributed by atoms with Crippen LogP contribution in [0, 0.1) is 0 Å². The second-order valence-corrected chi connectivity index (χ2v) is 9.50. The normalized spacial score (nSPS) is 25.4. The predicted octanol–water partition coefficient (Wildman–Crippen LogP) is 4.14. The minimum Gasteiger partial charge on any atom is -0.465 e. The molecule has 0 spiro atoms. The molecule has 1 aliphatic heterocycles. The van der Waals surface area contributed by atoms with Crippen molar-refractivity contribution in [3.63, 3.8) is 0 Å². The molecular weight excluding hydrogens is 411 g/mol. The molecule has 0 radical (unpaired) electrons. The van der Waals surface area contributed by atoms with Crippen LogP contribution in [-0.4, -0.2) is 62.8 Å². The van der Waals surface area contributed by atoms with E-state index in [1.807, 2.05) is 25.7 Å². The van der Waals surface area contributed by atoms with E-state index in [1.165, 1.54) is 12.4 Å². The van der Waals surface area contributed by atoms with Gasteiger partial charge in [-0.1, -0.05) is 12.8 Å². The number of nitrogens with zero attached hydrogens (tertiary/aromatic N) is 4. The first-order valence-corrected chi connectivity index (χ1v) is 10.9. The summed E-state index contributed by atoms with van der Waals surface area (Å²) in [7, 11) is 0. The summed E-state index contributed by atoms with van der Waals surface area (Å²) in [4.78, 5) is 22.5. The van der Waals surface area contributed by atoms with E-state index in [2.05, 4.69) is 15.3 Å². The first kappa shape index (κ1) is 23.6. The van der Waals surface area contributed by atoms with Gasteiger partial charge in [-0.05, 0) is 46.5 Å². The largest absolute Gasteiger partial charge is 0.465 e. The first-order valence-electron chi connectivity index (χ1n) is 10.9. The number of halogens is 3. The molecule has 3 atom stereocenters. The molecule has 1 aromatic rings. The lowest BCUT2D eigenvalue weighted by Crippen LogP contribution is -2.62. The molecule has 10 heteroatoms. The average Bonchev–Trinajstić information content (AvgIpc) is 2.68. The quantitative estimate of drug-likeness (QED) is 0.728. The summed E-state index contributed by atoms with van der Waals surface area (Å²) in [5.74, 6) is -1.14. The molecule has 1 aliphatic carbocycles. The van der Waals surface area contributed by atoms with Crippen LogP contribution in [0.3, 0.4) is 0 Å². The number of alkyl halides is 3. The summed E-state index contributed by atoms with van der Waals surface area (Å²) in [6, 6.07) is 0.0752. The summed E-state index contributed by atoms with van der Waals surface area (Å²) in [5.41, 5.74) is 0.0748. The number of rotatable bonds is 4. The Labute approximate surface area is 181 Å². The van der Waals surface area contributed by atoms with Crippen molar-refractivity contribution < 1.29 is 23.1 Å². The highest BCUT2D eigenvalue weighted by Crippen LogP contribution is 2.31. The zero-order valence-corrected chi connectivity index (χ0v) is 18.3. The van der Waals surface area contributed by atoms with Crippen molar-refractivity contribution in [1.82, 2.24) is 20.2 Å². The van der Waals surface area contributed by atoms with E-state index in [4.69, 9.17) is 0 Å². The van der Waals surface area contributed by atoms with Gasteiger partial charge in [0.1, 0.15) is 0 Å². The van der Waals surface area contributed by atoms with Crippen molar-refractivity contribution in [2.75, 3.05) is 18.0 Å². The number of piperidine rings is 1. The number of hydrogen-bond acceptors (Lipinski definition) is 5. The summed E-state index contributed by atoms with van der Waals surface area (Å²) < 4.78 is 38.2. The number of amides is 1. The standard InChI is InChI=1S/C21H32F3N5O2/c1-20(2,3)29(19(30)31)17-9-5-4-8-16(17)27-14-7-6-10-28(13-14)15-11-25-18(26-12-15)21(22,23)24/h11-12,14,16-17,27H,4-10,13H2,1-3H3,(H,30,31)/t14?,16-,17-/m1/s1. The molecule has 1 saturated heterocycles. The highest BCUT2D eigenvalue weighted by molar-refractivity contribution is 5.66. The Balaban J connectivity index is 1.69. The van der Waals surface area contributed by atoms with Gasteiger partial charge in [-0.25, -0.2) is 14.8 Å². The Hall–Kier alpha value is -2.10. The summed E-state index contributed by atoms with van der Waals surface area (Å²) >= 11 is 0. The van der Waals surface area contributed by atoms with Gasteiger partial charge < -0.3 is 15.3 Å². The number of anilines is 1. The minimum absolute atomic E-state index is 0.0536. The third kappa shape index (κ3) is 5.78. The van der Waals surface area contributed by atoms with Crippen LogP contribution in [-0.2, 0) is 6.18 Å². The van der Waals surface area contributed by atoms with Crippen LogP contribution in [0.1, 0.15) is 65.1 Å². The molecule has 0 aromatic carbocycles. The third-order valence-electron chi connectivity index (χ3n) is 6.12. The molecule has 7 nitrogen and oxygen atoms in total. The van der Waals surface area contributed by atoms with Crippen molar-refractivity contribution >= 4 is 11.8 Å². The van der Waals surface area contributed by atoms with Crippen LogP contribution in [0.5, 0.6) is 0 Å². The fourth-order valence-corrected chi connectivity index (χ4v) is 4.82. The molecule has 1 saturated carbocycles. The molecule has 0 bridgehead atoms. The highest BCUT2D eigenvalue weighted by Gasteiger charge is 2.40. The van der Waals surface area contributed by atoms with Crippen molar-refractivity contribution in [3.8, 4) is 0 Å². The van der Waals surface area contributed by atoms with Crippen molar-refractivity contribution in [3.05, 3.63) is 18.2 Å². The number of carboxylic acid groups (broad SMARTS) is 1. The lowest BCUT2D eigenvalue weighted by Gasteiger charge is -2.47. The first-order chi connectivity index (χ1) is 14.5. The van der Waals surface area contributed by atoms with E-state index in [9.17, 15) is 23.1 Å². The summed E-state index contributed by atoms with van der Waals surface area (Å²) in [5, 5.41) is 13.5. The molecule has 2 aliphatic rings. The van der Waals surface area contributed by atoms with Gasteiger partial charge in [0.2, 0.25) is 5.82 Å². The van der Waals surface area contributed by atoms with Crippen molar-refractivity contribution in [2.24, 2.45) is 0 Å². The maximum atomic E-state index is 12.7. The van der Waals surface area contributed by atoms with Crippen LogP contribution < -0.4 is 10.2 Å². The number of carbonyl (C=O) groups is 1. The molecule has 1 amide bonds.